The number of nitrogen functional groups attached to an aromatic ring is 1. The molecule has 3 aromatic carbocycles. The Morgan fingerprint density at radius 3 is 2.24 bits per heavy atom. The maximum atomic E-state index is 5.98. The first-order valence-corrected chi connectivity index (χ1v) is 9.28. The SMILES string of the molecule is COc1ccccc1-c1cc(-c2ccc(OCc3ccccc3)cc2)nc(N)n1. The smallest absolute Gasteiger partial charge is 0.221 e. The van der Waals surface area contributed by atoms with Crippen molar-refractivity contribution in [2.75, 3.05) is 12.8 Å². The summed E-state index contributed by atoms with van der Waals surface area (Å²) >= 11 is 0. The molecule has 0 aliphatic heterocycles. The van der Waals surface area contributed by atoms with E-state index in [-0.39, 0.29) is 5.95 Å². The van der Waals surface area contributed by atoms with E-state index in [9.17, 15) is 0 Å². The van der Waals surface area contributed by atoms with Crippen molar-refractivity contribution in [2.24, 2.45) is 0 Å². The molecule has 0 aliphatic carbocycles. The Morgan fingerprint density at radius 2 is 1.48 bits per heavy atom. The van der Waals surface area contributed by atoms with Gasteiger partial charge in [0, 0.05) is 11.1 Å². The molecule has 2 N–H and O–H groups in total. The van der Waals surface area contributed by atoms with Crippen molar-refractivity contribution < 1.29 is 9.47 Å². The summed E-state index contributed by atoms with van der Waals surface area (Å²) in [5, 5.41) is 0. The van der Waals surface area contributed by atoms with Gasteiger partial charge in [0.05, 0.1) is 18.5 Å². The molecule has 29 heavy (non-hydrogen) atoms. The van der Waals surface area contributed by atoms with E-state index in [0.29, 0.717) is 12.3 Å². The maximum absolute atomic E-state index is 5.98. The van der Waals surface area contributed by atoms with Gasteiger partial charge >= 0.3 is 0 Å². The topological polar surface area (TPSA) is 70.3 Å². The van der Waals surface area contributed by atoms with Crippen LogP contribution in [-0.4, -0.2) is 17.1 Å². The van der Waals surface area contributed by atoms with Crippen LogP contribution in [0.5, 0.6) is 11.5 Å². The molecular formula is C24H21N3O2. The van der Waals surface area contributed by atoms with Crippen molar-refractivity contribution in [3.8, 4) is 34.0 Å². The van der Waals surface area contributed by atoms with Gasteiger partial charge in [-0.1, -0.05) is 42.5 Å². The summed E-state index contributed by atoms with van der Waals surface area (Å²) in [6, 6.07) is 27.5. The summed E-state index contributed by atoms with van der Waals surface area (Å²) in [5.74, 6) is 1.75. The normalized spacial score (nSPS) is 10.5. The lowest BCUT2D eigenvalue weighted by Gasteiger charge is -2.10. The Morgan fingerprint density at radius 1 is 0.793 bits per heavy atom. The molecule has 0 atom stereocenters. The average Bonchev–Trinajstić information content (AvgIpc) is 2.78. The molecule has 0 aliphatic rings. The number of anilines is 1. The van der Waals surface area contributed by atoms with Crippen LogP contribution in [0.15, 0.2) is 84.9 Å². The molecule has 0 unspecified atom stereocenters. The van der Waals surface area contributed by atoms with Gasteiger partial charge in [-0.15, -0.1) is 0 Å². The van der Waals surface area contributed by atoms with Gasteiger partial charge in [0.15, 0.2) is 0 Å². The molecule has 4 rings (SSSR count). The highest BCUT2D eigenvalue weighted by Crippen LogP contribution is 2.31. The predicted molar refractivity (Wildman–Crippen MR) is 115 cm³/mol. The van der Waals surface area contributed by atoms with Gasteiger partial charge in [0.1, 0.15) is 18.1 Å². The fraction of sp³-hybridized carbons (Fsp3) is 0.0833. The van der Waals surface area contributed by atoms with Gasteiger partial charge in [-0.2, -0.15) is 0 Å². The van der Waals surface area contributed by atoms with Crippen molar-refractivity contribution >= 4 is 5.95 Å². The number of hydrogen-bond donors (Lipinski definition) is 1. The monoisotopic (exact) mass is 383 g/mol. The minimum Gasteiger partial charge on any atom is -0.496 e. The van der Waals surface area contributed by atoms with E-state index >= 15 is 0 Å². The fourth-order valence-electron chi connectivity index (χ4n) is 3.07. The van der Waals surface area contributed by atoms with Gasteiger partial charge in [0.2, 0.25) is 5.95 Å². The van der Waals surface area contributed by atoms with Crippen LogP contribution >= 0.6 is 0 Å². The Bertz CT molecular complexity index is 1100. The first-order chi connectivity index (χ1) is 14.2. The van der Waals surface area contributed by atoms with E-state index in [1.807, 2.05) is 84.9 Å². The molecule has 4 aromatic rings. The second-order valence-electron chi connectivity index (χ2n) is 6.50. The number of aromatic nitrogens is 2. The number of rotatable bonds is 6. The summed E-state index contributed by atoms with van der Waals surface area (Å²) in [7, 11) is 1.64. The third kappa shape index (κ3) is 4.35. The number of benzene rings is 3. The average molecular weight is 383 g/mol. The molecule has 1 heterocycles. The minimum atomic E-state index is 0.216. The van der Waals surface area contributed by atoms with Crippen LogP contribution in [0.4, 0.5) is 5.95 Å². The van der Waals surface area contributed by atoms with Crippen LogP contribution in [0.25, 0.3) is 22.5 Å². The second-order valence-corrected chi connectivity index (χ2v) is 6.50. The molecule has 144 valence electrons. The highest BCUT2D eigenvalue weighted by atomic mass is 16.5. The molecule has 5 heteroatoms. The first kappa shape index (κ1) is 18.5. The number of para-hydroxylation sites is 1. The van der Waals surface area contributed by atoms with Crippen LogP contribution in [-0.2, 0) is 6.61 Å². The van der Waals surface area contributed by atoms with E-state index in [4.69, 9.17) is 15.2 Å². The van der Waals surface area contributed by atoms with Gasteiger partial charge in [-0.05, 0) is 48.0 Å². The van der Waals surface area contributed by atoms with Crippen LogP contribution in [0.1, 0.15) is 5.56 Å². The molecule has 0 fully saturated rings. The molecule has 0 radical (unpaired) electrons. The summed E-state index contributed by atoms with van der Waals surface area (Å²) in [4.78, 5) is 8.77. The zero-order valence-corrected chi connectivity index (χ0v) is 16.1. The lowest BCUT2D eigenvalue weighted by molar-refractivity contribution is 0.306. The molecule has 1 aromatic heterocycles. The Hall–Kier alpha value is -3.86. The number of hydrogen-bond acceptors (Lipinski definition) is 5. The van der Waals surface area contributed by atoms with E-state index < -0.39 is 0 Å². The van der Waals surface area contributed by atoms with Gasteiger partial charge in [-0.25, -0.2) is 9.97 Å². The van der Waals surface area contributed by atoms with Crippen molar-refractivity contribution in [3.63, 3.8) is 0 Å². The number of ether oxygens (including phenoxy) is 2. The van der Waals surface area contributed by atoms with E-state index in [1.54, 1.807) is 7.11 Å². The quantitative estimate of drug-likeness (QED) is 0.508. The summed E-state index contributed by atoms with van der Waals surface area (Å²) in [6.07, 6.45) is 0. The highest BCUT2D eigenvalue weighted by Gasteiger charge is 2.11. The van der Waals surface area contributed by atoms with E-state index in [0.717, 1.165) is 33.9 Å². The minimum absolute atomic E-state index is 0.216. The molecular weight excluding hydrogens is 362 g/mol. The number of nitrogens with zero attached hydrogens (tertiary/aromatic N) is 2. The summed E-state index contributed by atoms with van der Waals surface area (Å²) in [6.45, 7) is 0.526. The van der Waals surface area contributed by atoms with Crippen molar-refractivity contribution in [2.45, 2.75) is 6.61 Å². The Balaban J connectivity index is 1.57. The zero-order chi connectivity index (χ0) is 20.1. The molecule has 0 saturated carbocycles. The molecule has 0 bridgehead atoms. The van der Waals surface area contributed by atoms with Crippen LogP contribution < -0.4 is 15.2 Å². The van der Waals surface area contributed by atoms with E-state index in [2.05, 4.69) is 9.97 Å². The highest BCUT2D eigenvalue weighted by molar-refractivity contribution is 5.73. The molecule has 5 nitrogen and oxygen atoms in total. The van der Waals surface area contributed by atoms with Gasteiger partial charge in [-0.3, -0.25) is 0 Å². The number of nitrogens with two attached hydrogens (primary N) is 1. The van der Waals surface area contributed by atoms with Crippen molar-refractivity contribution in [3.05, 3.63) is 90.5 Å². The van der Waals surface area contributed by atoms with Crippen molar-refractivity contribution in [1.29, 1.82) is 0 Å². The van der Waals surface area contributed by atoms with Crippen LogP contribution in [0.2, 0.25) is 0 Å². The third-order valence-electron chi connectivity index (χ3n) is 4.52. The predicted octanol–water partition coefficient (Wildman–Crippen LogP) is 4.98. The van der Waals surface area contributed by atoms with Gasteiger partial charge < -0.3 is 15.2 Å². The standard InChI is InChI=1S/C24H21N3O2/c1-28-23-10-6-5-9-20(23)22-15-21(26-24(25)27-22)18-11-13-19(14-12-18)29-16-17-7-3-2-4-8-17/h2-15H,16H2,1H3,(H2,25,26,27). The Labute approximate surface area is 169 Å². The molecule has 0 saturated heterocycles. The summed E-state index contributed by atoms with van der Waals surface area (Å²) < 4.78 is 11.3. The summed E-state index contributed by atoms with van der Waals surface area (Å²) in [5.41, 5.74) is 10.4. The number of methoxy groups -OCH3 is 1. The largest absolute Gasteiger partial charge is 0.496 e. The molecule has 0 amide bonds. The van der Waals surface area contributed by atoms with Crippen LogP contribution in [0.3, 0.4) is 0 Å². The van der Waals surface area contributed by atoms with E-state index in [1.165, 1.54) is 0 Å². The van der Waals surface area contributed by atoms with Crippen LogP contribution in [0, 0.1) is 0 Å². The van der Waals surface area contributed by atoms with Gasteiger partial charge in [0.25, 0.3) is 0 Å². The fourth-order valence-corrected chi connectivity index (χ4v) is 3.07. The third-order valence-corrected chi connectivity index (χ3v) is 4.52. The second kappa shape index (κ2) is 8.44. The lowest BCUT2D eigenvalue weighted by Crippen LogP contribution is -2.00. The van der Waals surface area contributed by atoms with Crippen molar-refractivity contribution in [1.82, 2.24) is 9.97 Å². The molecule has 0 spiro atoms. The zero-order valence-electron chi connectivity index (χ0n) is 16.1. The Kier molecular flexibility index (Phi) is 5.38. The maximum Gasteiger partial charge on any atom is 0.221 e. The first-order valence-electron chi connectivity index (χ1n) is 9.28. The lowest BCUT2D eigenvalue weighted by atomic mass is 10.1.